The van der Waals surface area contributed by atoms with Crippen LogP contribution < -0.4 is 5.32 Å². The van der Waals surface area contributed by atoms with Gasteiger partial charge in [0, 0.05) is 26.2 Å². The van der Waals surface area contributed by atoms with Crippen LogP contribution in [0.1, 0.15) is 25.3 Å². The van der Waals surface area contributed by atoms with Crippen molar-refractivity contribution in [3.8, 4) is 0 Å². The highest BCUT2D eigenvalue weighted by Crippen LogP contribution is 2.18. The van der Waals surface area contributed by atoms with E-state index in [9.17, 15) is 4.79 Å². The number of aliphatic hydroxyl groups excluding tert-OH is 1. The Morgan fingerprint density at radius 3 is 2.61 bits per heavy atom. The summed E-state index contributed by atoms with van der Waals surface area (Å²) in [5, 5.41) is 12.0. The average molecular weight is 319 g/mol. The van der Waals surface area contributed by atoms with Crippen LogP contribution in [0, 0.1) is 5.92 Å². The molecule has 1 heterocycles. The van der Waals surface area contributed by atoms with Gasteiger partial charge in [-0.15, -0.1) is 0 Å². The van der Waals surface area contributed by atoms with Gasteiger partial charge in [0.1, 0.15) is 0 Å². The molecule has 2 rings (SSSR count). The van der Waals surface area contributed by atoms with Crippen LogP contribution in [0.3, 0.4) is 0 Å². The number of aliphatic hydroxyl groups is 1. The van der Waals surface area contributed by atoms with Gasteiger partial charge in [-0.05, 0) is 44.3 Å². The van der Waals surface area contributed by atoms with Crippen LogP contribution in [0.2, 0.25) is 0 Å². The fourth-order valence-corrected chi connectivity index (χ4v) is 3.06. The van der Waals surface area contributed by atoms with E-state index in [-0.39, 0.29) is 12.6 Å². The SMILES string of the molecule is CCN(CCO)C(=O)NCC1CCN(Cc2ccccc2)CC1. The van der Waals surface area contributed by atoms with E-state index in [0.717, 1.165) is 39.0 Å². The molecule has 0 spiro atoms. The van der Waals surface area contributed by atoms with Crippen LogP contribution in [0.15, 0.2) is 30.3 Å². The number of hydrogen-bond donors (Lipinski definition) is 2. The Morgan fingerprint density at radius 2 is 2.00 bits per heavy atom. The normalized spacial score (nSPS) is 16.3. The summed E-state index contributed by atoms with van der Waals surface area (Å²) < 4.78 is 0. The van der Waals surface area contributed by atoms with Crippen molar-refractivity contribution in [1.82, 2.24) is 15.1 Å². The second-order valence-corrected chi connectivity index (χ2v) is 6.19. The van der Waals surface area contributed by atoms with Crippen molar-refractivity contribution in [1.29, 1.82) is 0 Å². The van der Waals surface area contributed by atoms with E-state index in [0.29, 0.717) is 19.0 Å². The number of piperidine rings is 1. The number of carbonyl (C=O) groups is 1. The Hall–Kier alpha value is -1.59. The number of likely N-dealkylation sites (N-methyl/N-ethyl adjacent to an activating group) is 1. The molecule has 1 fully saturated rings. The minimum atomic E-state index is -0.0618. The average Bonchev–Trinajstić information content (AvgIpc) is 2.59. The first-order chi connectivity index (χ1) is 11.2. The van der Waals surface area contributed by atoms with Crippen LogP contribution in [-0.2, 0) is 6.54 Å². The molecule has 1 aromatic rings. The lowest BCUT2D eigenvalue weighted by atomic mass is 9.96. The molecular formula is C18H29N3O2. The number of nitrogens with zero attached hydrogens (tertiary/aromatic N) is 2. The molecule has 1 aliphatic rings. The monoisotopic (exact) mass is 319 g/mol. The van der Waals surface area contributed by atoms with Gasteiger partial charge in [-0.2, -0.15) is 0 Å². The summed E-state index contributed by atoms with van der Waals surface area (Å²) in [5.74, 6) is 0.554. The quantitative estimate of drug-likeness (QED) is 0.807. The fraction of sp³-hybridized carbons (Fsp3) is 0.611. The summed E-state index contributed by atoms with van der Waals surface area (Å²) in [7, 11) is 0. The summed E-state index contributed by atoms with van der Waals surface area (Å²) in [6.45, 7) is 6.89. The maximum absolute atomic E-state index is 12.0. The summed E-state index contributed by atoms with van der Waals surface area (Å²) in [6.07, 6.45) is 2.25. The first-order valence-electron chi connectivity index (χ1n) is 8.62. The van der Waals surface area contributed by atoms with Gasteiger partial charge < -0.3 is 15.3 Å². The lowest BCUT2D eigenvalue weighted by molar-refractivity contribution is 0.163. The molecule has 1 aliphatic heterocycles. The Morgan fingerprint density at radius 1 is 1.30 bits per heavy atom. The lowest BCUT2D eigenvalue weighted by Crippen LogP contribution is -2.44. The third kappa shape index (κ3) is 5.84. The zero-order valence-electron chi connectivity index (χ0n) is 14.1. The van der Waals surface area contributed by atoms with Gasteiger partial charge in [-0.25, -0.2) is 4.79 Å². The standard InChI is InChI=1S/C18H29N3O2/c1-2-21(12-13-22)18(23)19-14-16-8-10-20(11-9-16)15-17-6-4-3-5-7-17/h3-7,16,22H,2,8-15H2,1H3,(H,19,23). The highest BCUT2D eigenvalue weighted by molar-refractivity contribution is 5.74. The van der Waals surface area contributed by atoms with Crippen molar-refractivity contribution in [2.75, 3.05) is 39.3 Å². The second-order valence-electron chi connectivity index (χ2n) is 6.19. The summed E-state index contributed by atoms with van der Waals surface area (Å²) in [5.41, 5.74) is 1.36. The number of amides is 2. The van der Waals surface area contributed by atoms with Gasteiger partial charge >= 0.3 is 6.03 Å². The van der Waals surface area contributed by atoms with Gasteiger partial charge in [-0.1, -0.05) is 30.3 Å². The molecule has 2 N–H and O–H groups in total. The summed E-state index contributed by atoms with van der Waals surface area (Å²) in [6, 6.07) is 10.5. The fourth-order valence-electron chi connectivity index (χ4n) is 3.06. The molecule has 5 heteroatoms. The van der Waals surface area contributed by atoms with Crippen LogP contribution >= 0.6 is 0 Å². The van der Waals surface area contributed by atoms with Crippen molar-refractivity contribution >= 4 is 6.03 Å². The molecule has 0 aromatic heterocycles. The largest absolute Gasteiger partial charge is 0.395 e. The number of carbonyl (C=O) groups excluding carboxylic acids is 1. The maximum Gasteiger partial charge on any atom is 0.317 e. The Balaban J connectivity index is 1.67. The van der Waals surface area contributed by atoms with E-state index < -0.39 is 0 Å². The number of benzene rings is 1. The van der Waals surface area contributed by atoms with Crippen molar-refractivity contribution in [2.24, 2.45) is 5.92 Å². The molecule has 0 unspecified atom stereocenters. The van der Waals surface area contributed by atoms with Crippen molar-refractivity contribution < 1.29 is 9.90 Å². The molecule has 0 bridgehead atoms. The zero-order valence-corrected chi connectivity index (χ0v) is 14.1. The number of nitrogens with one attached hydrogen (secondary N) is 1. The number of rotatable bonds is 7. The molecule has 5 nitrogen and oxygen atoms in total. The van der Waals surface area contributed by atoms with E-state index >= 15 is 0 Å². The molecule has 2 amide bonds. The molecule has 0 saturated carbocycles. The van der Waals surface area contributed by atoms with Gasteiger partial charge in [-0.3, -0.25) is 4.90 Å². The molecule has 0 radical (unpaired) electrons. The van der Waals surface area contributed by atoms with E-state index in [1.165, 1.54) is 5.56 Å². The first kappa shape index (κ1) is 17.8. The van der Waals surface area contributed by atoms with Crippen LogP contribution in [0.5, 0.6) is 0 Å². The minimum absolute atomic E-state index is 0.0130. The van der Waals surface area contributed by atoms with E-state index in [1.807, 2.05) is 6.92 Å². The number of likely N-dealkylation sites (tertiary alicyclic amines) is 1. The third-order valence-corrected chi connectivity index (χ3v) is 4.54. The number of urea groups is 1. The van der Waals surface area contributed by atoms with E-state index in [1.54, 1.807) is 4.90 Å². The van der Waals surface area contributed by atoms with Gasteiger partial charge in [0.15, 0.2) is 0 Å². The first-order valence-corrected chi connectivity index (χ1v) is 8.62. The van der Waals surface area contributed by atoms with Crippen molar-refractivity contribution in [2.45, 2.75) is 26.3 Å². The second kappa shape index (κ2) is 9.53. The molecule has 1 aromatic carbocycles. The van der Waals surface area contributed by atoms with Crippen LogP contribution in [-0.4, -0.2) is 60.3 Å². The number of hydrogen-bond acceptors (Lipinski definition) is 3. The predicted octanol–water partition coefficient (Wildman–Crippen LogP) is 1.92. The Kier molecular flexibility index (Phi) is 7.36. The highest BCUT2D eigenvalue weighted by Gasteiger charge is 2.20. The highest BCUT2D eigenvalue weighted by atomic mass is 16.3. The predicted molar refractivity (Wildman–Crippen MR) is 92.2 cm³/mol. The van der Waals surface area contributed by atoms with E-state index in [4.69, 9.17) is 5.11 Å². The molecule has 1 saturated heterocycles. The van der Waals surface area contributed by atoms with Crippen LogP contribution in [0.25, 0.3) is 0 Å². The topological polar surface area (TPSA) is 55.8 Å². The van der Waals surface area contributed by atoms with Crippen LogP contribution in [0.4, 0.5) is 4.79 Å². The van der Waals surface area contributed by atoms with E-state index in [2.05, 4.69) is 40.5 Å². The molecule has 23 heavy (non-hydrogen) atoms. The zero-order chi connectivity index (χ0) is 16.5. The van der Waals surface area contributed by atoms with Gasteiger partial charge in [0.2, 0.25) is 0 Å². The Labute approximate surface area is 139 Å². The van der Waals surface area contributed by atoms with Gasteiger partial charge in [0.25, 0.3) is 0 Å². The lowest BCUT2D eigenvalue weighted by Gasteiger charge is -2.32. The Bertz CT molecular complexity index is 459. The minimum Gasteiger partial charge on any atom is -0.395 e. The van der Waals surface area contributed by atoms with Crippen molar-refractivity contribution in [3.63, 3.8) is 0 Å². The smallest absolute Gasteiger partial charge is 0.317 e. The summed E-state index contributed by atoms with van der Waals surface area (Å²) >= 11 is 0. The molecule has 128 valence electrons. The third-order valence-electron chi connectivity index (χ3n) is 4.54. The molecular weight excluding hydrogens is 290 g/mol. The molecule has 0 atom stereocenters. The maximum atomic E-state index is 12.0. The molecule has 0 aliphatic carbocycles. The van der Waals surface area contributed by atoms with Gasteiger partial charge in [0.05, 0.1) is 6.61 Å². The summed E-state index contributed by atoms with van der Waals surface area (Å²) in [4.78, 5) is 16.1. The van der Waals surface area contributed by atoms with Crippen molar-refractivity contribution in [3.05, 3.63) is 35.9 Å².